The van der Waals surface area contributed by atoms with Gasteiger partial charge >= 0.3 is 0 Å². The Balaban J connectivity index is 1.97. The molecule has 1 aromatic rings. The van der Waals surface area contributed by atoms with E-state index in [0.717, 1.165) is 31.2 Å². The number of aliphatic hydroxyl groups is 1. The molecule has 0 spiro atoms. The quantitative estimate of drug-likeness (QED) is 0.821. The molecule has 0 aliphatic heterocycles. The average Bonchev–Trinajstić information content (AvgIpc) is 2.73. The van der Waals surface area contributed by atoms with Gasteiger partial charge in [-0.25, -0.2) is 4.39 Å². The van der Waals surface area contributed by atoms with Gasteiger partial charge in [-0.3, -0.25) is 0 Å². The minimum absolute atomic E-state index is 0.172. The van der Waals surface area contributed by atoms with E-state index < -0.39 is 5.60 Å². The Morgan fingerprint density at radius 1 is 1.22 bits per heavy atom. The lowest BCUT2D eigenvalue weighted by Gasteiger charge is -2.41. The van der Waals surface area contributed by atoms with E-state index in [9.17, 15) is 9.50 Å². The molecule has 0 heterocycles. The zero-order chi connectivity index (χ0) is 16.7. The summed E-state index contributed by atoms with van der Waals surface area (Å²) in [5, 5.41) is 10.8. The van der Waals surface area contributed by atoms with Crippen LogP contribution in [0.15, 0.2) is 59.2 Å². The van der Waals surface area contributed by atoms with Crippen LogP contribution in [0, 0.1) is 11.2 Å². The van der Waals surface area contributed by atoms with Gasteiger partial charge in [0.05, 0.1) is 5.60 Å². The maximum Gasteiger partial charge on any atom is 0.123 e. The van der Waals surface area contributed by atoms with E-state index in [-0.39, 0.29) is 11.2 Å². The second-order valence-corrected chi connectivity index (χ2v) is 7.31. The van der Waals surface area contributed by atoms with Gasteiger partial charge in [-0.15, -0.1) is 0 Å². The van der Waals surface area contributed by atoms with E-state index in [2.05, 4.69) is 25.2 Å². The maximum atomic E-state index is 13.1. The summed E-state index contributed by atoms with van der Waals surface area (Å²) in [6, 6.07) is 6.75. The molecule has 1 nitrogen and oxygen atoms in total. The summed E-state index contributed by atoms with van der Waals surface area (Å²) in [7, 11) is 0. The lowest BCUT2D eigenvalue weighted by Crippen LogP contribution is -2.41. The topological polar surface area (TPSA) is 20.2 Å². The number of halogens is 1. The molecule has 0 aromatic heterocycles. The van der Waals surface area contributed by atoms with E-state index in [1.807, 2.05) is 26.0 Å². The van der Waals surface area contributed by atoms with Crippen molar-refractivity contribution < 1.29 is 9.50 Å². The molecule has 1 saturated carbocycles. The highest BCUT2D eigenvalue weighted by Gasteiger charge is 2.51. The summed E-state index contributed by atoms with van der Waals surface area (Å²) in [5.74, 6) is -0.196. The number of benzene rings is 1. The van der Waals surface area contributed by atoms with Crippen LogP contribution in [0.1, 0.15) is 45.6 Å². The first-order valence-corrected chi connectivity index (χ1v) is 8.38. The van der Waals surface area contributed by atoms with E-state index in [1.165, 1.54) is 28.9 Å². The van der Waals surface area contributed by atoms with Gasteiger partial charge in [0, 0.05) is 5.41 Å². The average molecular weight is 312 g/mol. The van der Waals surface area contributed by atoms with Crippen LogP contribution in [0.3, 0.4) is 0 Å². The molecule has 23 heavy (non-hydrogen) atoms. The first-order chi connectivity index (χ1) is 10.9. The lowest BCUT2D eigenvalue weighted by molar-refractivity contribution is -0.0220. The van der Waals surface area contributed by atoms with Crippen LogP contribution in [0.25, 0.3) is 0 Å². The third-order valence-electron chi connectivity index (χ3n) is 5.76. The largest absolute Gasteiger partial charge is 0.389 e. The van der Waals surface area contributed by atoms with E-state index in [4.69, 9.17) is 0 Å². The van der Waals surface area contributed by atoms with Gasteiger partial charge < -0.3 is 5.11 Å². The minimum Gasteiger partial charge on any atom is -0.389 e. The van der Waals surface area contributed by atoms with Crippen molar-refractivity contribution >= 4 is 0 Å². The fourth-order valence-corrected chi connectivity index (χ4v) is 3.96. The van der Waals surface area contributed by atoms with E-state index in [0.29, 0.717) is 0 Å². The van der Waals surface area contributed by atoms with Crippen molar-refractivity contribution in [2.45, 2.75) is 52.1 Å². The Morgan fingerprint density at radius 2 is 1.91 bits per heavy atom. The molecule has 2 aliphatic rings. The zero-order valence-corrected chi connectivity index (χ0v) is 14.2. The van der Waals surface area contributed by atoms with Gasteiger partial charge in [0.25, 0.3) is 0 Å². The van der Waals surface area contributed by atoms with Crippen molar-refractivity contribution in [2.24, 2.45) is 5.41 Å². The van der Waals surface area contributed by atoms with Gasteiger partial charge in [0.2, 0.25) is 0 Å². The van der Waals surface area contributed by atoms with Crippen molar-refractivity contribution in [2.75, 3.05) is 0 Å². The second kappa shape index (κ2) is 5.76. The van der Waals surface area contributed by atoms with Crippen LogP contribution in [0.5, 0.6) is 0 Å². The number of hydrogen-bond acceptors (Lipinski definition) is 1. The van der Waals surface area contributed by atoms with Crippen LogP contribution in [0.2, 0.25) is 0 Å². The highest BCUT2D eigenvalue weighted by molar-refractivity contribution is 5.47. The van der Waals surface area contributed by atoms with Crippen LogP contribution in [-0.4, -0.2) is 10.7 Å². The van der Waals surface area contributed by atoms with Crippen molar-refractivity contribution in [1.82, 2.24) is 0 Å². The molecule has 2 unspecified atom stereocenters. The summed E-state index contributed by atoms with van der Waals surface area (Å²) >= 11 is 0. The van der Waals surface area contributed by atoms with Crippen molar-refractivity contribution in [3.05, 3.63) is 70.6 Å². The highest BCUT2D eigenvalue weighted by Crippen LogP contribution is 2.56. The molecule has 1 N–H and O–H groups in total. The summed E-state index contributed by atoms with van der Waals surface area (Å²) in [5.41, 5.74) is 4.23. The van der Waals surface area contributed by atoms with Crippen LogP contribution >= 0.6 is 0 Å². The maximum absolute atomic E-state index is 13.1. The normalized spacial score (nSPS) is 30.7. The third-order valence-corrected chi connectivity index (χ3v) is 5.76. The zero-order valence-electron chi connectivity index (χ0n) is 14.2. The van der Waals surface area contributed by atoms with Gasteiger partial charge in [0.15, 0.2) is 0 Å². The minimum atomic E-state index is -0.646. The Bertz CT molecular complexity index is 691. The molecule has 2 atom stereocenters. The first kappa shape index (κ1) is 16.2. The number of hydrogen-bond donors (Lipinski definition) is 1. The summed E-state index contributed by atoms with van der Waals surface area (Å²) in [4.78, 5) is 0. The smallest absolute Gasteiger partial charge is 0.123 e. The summed E-state index contributed by atoms with van der Waals surface area (Å²) in [6.07, 6.45) is 9.96. The molecular formula is C21H25FO. The van der Waals surface area contributed by atoms with Crippen molar-refractivity contribution in [3.8, 4) is 0 Å². The molecular weight excluding hydrogens is 287 g/mol. The van der Waals surface area contributed by atoms with E-state index >= 15 is 0 Å². The van der Waals surface area contributed by atoms with Crippen LogP contribution in [0.4, 0.5) is 4.39 Å². The van der Waals surface area contributed by atoms with Gasteiger partial charge in [-0.1, -0.05) is 42.9 Å². The SMILES string of the molecule is C/C=C\C1=C(Cc2ccc(F)cc2)C=C2CCC(C)(O)C2(C)C1. The fourth-order valence-electron chi connectivity index (χ4n) is 3.96. The molecule has 0 radical (unpaired) electrons. The fraction of sp³-hybridized carbons (Fsp3) is 0.429. The Morgan fingerprint density at radius 3 is 2.57 bits per heavy atom. The molecule has 1 fully saturated rings. The second-order valence-electron chi connectivity index (χ2n) is 7.31. The molecule has 3 rings (SSSR count). The Hall–Kier alpha value is -1.67. The summed E-state index contributed by atoms with van der Waals surface area (Å²) in [6.45, 7) is 6.17. The molecule has 0 amide bonds. The number of rotatable bonds is 3. The van der Waals surface area contributed by atoms with Gasteiger partial charge in [0.1, 0.15) is 5.82 Å². The molecule has 122 valence electrons. The molecule has 1 aromatic carbocycles. The van der Waals surface area contributed by atoms with Crippen LogP contribution in [-0.2, 0) is 6.42 Å². The number of fused-ring (bicyclic) bond motifs is 1. The van der Waals surface area contributed by atoms with E-state index in [1.54, 1.807) is 0 Å². The van der Waals surface area contributed by atoms with Gasteiger partial charge in [-0.2, -0.15) is 0 Å². The molecule has 0 saturated heterocycles. The highest BCUT2D eigenvalue weighted by atomic mass is 19.1. The van der Waals surface area contributed by atoms with Gasteiger partial charge in [-0.05, 0) is 68.4 Å². The molecule has 0 bridgehead atoms. The predicted octanol–water partition coefficient (Wildman–Crippen LogP) is 5.12. The number of allylic oxidation sites excluding steroid dienone is 5. The lowest BCUT2D eigenvalue weighted by atomic mass is 9.66. The summed E-state index contributed by atoms with van der Waals surface area (Å²) < 4.78 is 13.1. The monoisotopic (exact) mass is 312 g/mol. The first-order valence-electron chi connectivity index (χ1n) is 8.38. The predicted molar refractivity (Wildman–Crippen MR) is 92.6 cm³/mol. The molecule has 2 aliphatic carbocycles. The van der Waals surface area contributed by atoms with Crippen molar-refractivity contribution in [1.29, 1.82) is 0 Å². The molecule has 2 heteroatoms. The Kier molecular flexibility index (Phi) is 4.05. The Labute approximate surface area is 138 Å². The standard InChI is InChI=1S/C21H25FO/c1-4-5-16-14-20(2)18(10-11-21(20,3)23)13-17(16)12-15-6-8-19(22)9-7-15/h4-9,13,23H,10-12,14H2,1-3H3/b5-4-. The van der Waals surface area contributed by atoms with Crippen LogP contribution < -0.4 is 0 Å². The third kappa shape index (κ3) is 2.81. The van der Waals surface area contributed by atoms with Crippen molar-refractivity contribution in [3.63, 3.8) is 0 Å².